The standard InChI is InChI=1S/C14H19N3O6/c1-2-3-4-5-9-15-14(18)23-10-11-12(16(19)20)7-6-8-13(11)17(21)22/h6-8H,2-5,9-10H2,1H3,(H,15,18). The third-order valence-electron chi connectivity index (χ3n) is 3.17. The van der Waals surface area contributed by atoms with Gasteiger partial charge in [0, 0.05) is 18.7 Å². The summed E-state index contributed by atoms with van der Waals surface area (Å²) in [6, 6.07) is 3.48. The molecular formula is C14H19N3O6. The molecule has 0 saturated heterocycles. The van der Waals surface area contributed by atoms with Crippen LogP contribution in [0.5, 0.6) is 0 Å². The van der Waals surface area contributed by atoms with Crippen molar-refractivity contribution >= 4 is 17.5 Å². The quantitative estimate of drug-likeness (QED) is 0.422. The van der Waals surface area contributed by atoms with Crippen LogP contribution in [0.4, 0.5) is 16.2 Å². The van der Waals surface area contributed by atoms with E-state index in [0.717, 1.165) is 37.8 Å². The molecule has 0 atom stereocenters. The number of nitrogens with one attached hydrogen (secondary N) is 1. The molecule has 0 aliphatic rings. The molecule has 0 aliphatic heterocycles. The van der Waals surface area contributed by atoms with Crippen molar-refractivity contribution in [2.45, 2.75) is 39.2 Å². The molecular weight excluding hydrogens is 306 g/mol. The maximum absolute atomic E-state index is 11.5. The lowest BCUT2D eigenvalue weighted by molar-refractivity contribution is -0.396. The highest BCUT2D eigenvalue weighted by Gasteiger charge is 2.25. The van der Waals surface area contributed by atoms with Crippen LogP contribution in [-0.2, 0) is 11.3 Å². The zero-order valence-electron chi connectivity index (χ0n) is 12.8. The fourth-order valence-electron chi connectivity index (χ4n) is 1.98. The van der Waals surface area contributed by atoms with Crippen molar-refractivity contribution in [1.29, 1.82) is 0 Å². The molecule has 0 bridgehead atoms. The third kappa shape index (κ3) is 5.89. The fraction of sp³-hybridized carbons (Fsp3) is 0.500. The van der Waals surface area contributed by atoms with Gasteiger partial charge in [-0.3, -0.25) is 20.2 Å². The predicted octanol–water partition coefficient (Wildman–Crippen LogP) is 3.31. The fourth-order valence-corrected chi connectivity index (χ4v) is 1.98. The van der Waals surface area contributed by atoms with Gasteiger partial charge in [-0.2, -0.15) is 0 Å². The highest BCUT2D eigenvalue weighted by molar-refractivity contribution is 5.67. The Balaban J connectivity index is 2.64. The summed E-state index contributed by atoms with van der Waals surface area (Å²) < 4.78 is 4.86. The van der Waals surface area contributed by atoms with Crippen LogP contribution in [-0.4, -0.2) is 22.5 Å². The van der Waals surface area contributed by atoms with Crippen molar-refractivity contribution in [3.05, 3.63) is 44.0 Å². The van der Waals surface area contributed by atoms with Crippen LogP contribution in [0, 0.1) is 20.2 Å². The first-order valence-electron chi connectivity index (χ1n) is 7.28. The van der Waals surface area contributed by atoms with Crippen molar-refractivity contribution < 1.29 is 19.4 Å². The van der Waals surface area contributed by atoms with E-state index in [0.29, 0.717) is 6.54 Å². The van der Waals surface area contributed by atoms with Gasteiger partial charge in [0.15, 0.2) is 0 Å². The van der Waals surface area contributed by atoms with E-state index in [1.807, 2.05) is 0 Å². The average molecular weight is 325 g/mol. The molecule has 0 radical (unpaired) electrons. The molecule has 1 aromatic carbocycles. The maximum Gasteiger partial charge on any atom is 0.407 e. The Morgan fingerprint density at radius 1 is 1.13 bits per heavy atom. The van der Waals surface area contributed by atoms with Gasteiger partial charge in [0.1, 0.15) is 12.2 Å². The van der Waals surface area contributed by atoms with Crippen LogP contribution in [0.3, 0.4) is 0 Å². The summed E-state index contributed by atoms with van der Waals surface area (Å²) in [5, 5.41) is 24.4. The number of nitrogens with zero attached hydrogens (tertiary/aromatic N) is 2. The van der Waals surface area contributed by atoms with Crippen molar-refractivity contribution in [2.75, 3.05) is 6.54 Å². The molecule has 0 aliphatic carbocycles. The van der Waals surface area contributed by atoms with E-state index in [1.54, 1.807) is 0 Å². The molecule has 1 aromatic rings. The average Bonchev–Trinajstić information content (AvgIpc) is 2.52. The second-order valence-electron chi connectivity index (χ2n) is 4.85. The number of nitro benzene ring substituents is 2. The molecule has 0 unspecified atom stereocenters. The minimum Gasteiger partial charge on any atom is -0.444 e. The van der Waals surface area contributed by atoms with Crippen molar-refractivity contribution in [3.63, 3.8) is 0 Å². The van der Waals surface area contributed by atoms with E-state index in [1.165, 1.54) is 6.07 Å². The normalized spacial score (nSPS) is 10.1. The number of carbonyl (C=O) groups is 1. The second-order valence-corrected chi connectivity index (χ2v) is 4.85. The Kier molecular flexibility index (Phi) is 7.44. The Morgan fingerprint density at radius 3 is 2.26 bits per heavy atom. The molecule has 126 valence electrons. The van der Waals surface area contributed by atoms with Gasteiger partial charge < -0.3 is 10.1 Å². The molecule has 1 N–H and O–H groups in total. The highest BCUT2D eigenvalue weighted by Crippen LogP contribution is 2.28. The first-order valence-corrected chi connectivity index (χ1v) is 7.28. The van der Waals surface area contributed by atoms with Crippen LogP contribution >= 0.6 is 0 Å². The number of rotatable bonds is 9. The minimum atomic E-state index is -0.756. The summed E-state index contributed by atoms with van der Waals surface area (Å²) in [7, 11) is 0. The van der Waals surface area contributed by atoms with E-state index in [-0.39, 0.29) is 5.56 Å². The molecule has 23 heavy (non-hydrogen) atoms. The Morgan fingerprint density at radius 2 is 1.74 bits per heavy atom. The van der Waals surface area contributed by atoms with Crippen LogP contribution in [0.2, 0.25) is 0 Å². The third-order valence-corrected chi connectivity index (χ3v) is 3.17. The molecule has 1 rings (SSSR count). The SMILES string of the molecule is CCCCCCNC(=O)OCc1c([N+](=O)[O-])cccc1[N+](=O)[O-]. The van der Waals surface area contributed by atoms with Crippen LogP contribution in [0.25, 0.3) is 0 Å². The van der Waals surface area contributed by atoms with Gasteiger partial charge in [-0.15, -0.1) is 0 Å². The number of nitro groups is 2. The van der Waals surface area contributed by atoms with Gasteiger partial charge in [0.05, 0.1) is 9.85 Å². The van der Waals surface area contributed by atoms with E-state index in [9.17, 15) is 25.0 Å². The van der Waals surface area contributed by atoms with Crippen LogP contribution < -0.4 is 5.32 Å². The lowest BCUT2D eigenvalue weighted by Crippen LogP contribution is -2.25. The number of hydrogen-bond acceptors (Lipinski definition) is 6. The Hall–Kier alpha value is -2.71. The van der Waals surface area contributed by atoms with Gasteiger partial charge in [0.2, 0.25) is 0 Å². The monoisotopic (exact) mass is 325 g/mol. The predicted molar refractivity (Wildman–Crippen MR) is 82.1 cm³/mol. The summed E-state index contributed by atoms with van der Waals surface area (Å²) in [6.45, 7) is 1.97. The molecule has 0 saturated carbocycles. The number of alkyl carbamates (subject to hydrolysis) is 1. The molecule has 0 heterocycles. The number of unbranched alkanes of at least 4 members (excludes halogenated alkanes) is 3. The molecule has 0 spiro atoms. The summed E-state index contributed by atoms with van der Waals surface area (Å²) in [6.07, 6.45) is 3.17. The lowest BCUT2D eigenvalue weighted by atomic mass is 10.1. The molecule has 9 nitrogen and oxygen atoms in total. The van der Waals surface area contributed by atoms with Crippen molar-refractivity contribution in [1.82, 2.24) is 5.32 Å². The Labute approximate surface area is 132 Å². The van der Waals surface area contributed by atoms with Crippen molar-refractivity contribution in [2.24, 2.45) is 0 Å². The maximum atomic E-state index is 11.5. The summed E-state index contributed by atoms with van der Waals surface area (Å²) in [4.78, 5) is 31.9. The van der Waals surface area contributed by atoms with E-state index >= 15 is 0 Å². The molecule has 0 aromatic heterocycles. The Bertz CT molecular complexity index is 543. The van der Waals surface area contributed by atoms with Gasteiger partial charge in [-0.1, -0.05) is 26.2 Å². The van der Waals surface area contributed by atoms with E-state index in [4.69, 9.17) is 4.74 Å². The van der Waals surface area contributed by atoms with E-state index in [2.05, 4.69) is 12.2 Å². The number of carbonyl (C=O) groups excluding carboxylic acids is 1. The topological polar surface area (TPSA) is 125 Å². The lowest BCUT2D eigenvalue weighted by Gasteiger charge is -2.07. The van der Waals surface area contributed by atoms with E-state index < -0.39 is 33.9 Å². The smallest absolute Gasteiger partial charge is 0.407 e. The largest absolute Gasteiger partial charge is 0.444 e. The van der Waals surface area contributed by atoms with Crippen LogP contribution in [0.15, 0.2) is 18.2 Å². The first kappa shape index (κ1) is 18.3. The zero-order valence-corrected chi connectivity index (χ0v) is 12.8. The summed E-state index contributed by atoms with van der Waals surface area (Å²) in [5.74, 6) is 0. The second kappa shape index (κ2) is 9.34. The summed E-state index contributed by atoms with van der Waals surface area (Å²) in [5.41, 5.74) is -1.13. The number of benzene rings is 1. The number of hydrogen-bond donors (Lipinski definition) is 1. The first-order chi connectivity index (χ1) is 11.0. The molecule has 0 fully saturated rings. The minimum absolute atomic E-state index is 0.233. The van der Waals surface area contributed by atoms with Gasteiger partial charge in [-0.25, -0.2) is 4.79 Å². The van der Waals surface area contributed by atoms with Gasteiger partial charge in [0.25, 0.3) is 11.4 Å². The zero-order chi connectivity index (χ0) is 17.2. The van der Waals surface area contributed by atoms with Gasteiger partial charge >= 0.3 is 6.09 Å². The highest BCUT2D eigenvalue weighted by atomic mass is 16.6. The molecule has 9 heteroatoms. The number of amides is 1. The summed E-state index contributed by atoms with van der Waals surface area (Å²) >= 11 is 0. The molecule has 1 amide bonds. The van der Waals surface area contributed by atoms with Gasteiger partial charge in [-0.05, 0) is 12.5 Å². The van der Waals surface area contributed by atoms with Crippen molar-refractivity contribution in [3.8, 4) is 0 Å². The number of ether oxygens (including phenoxy) is 1. The van der Waals surface area contributed by atoms with Crippen LogP contribution in [0.1, 0.15) is 38.2 Å².